The van der Waals surface area contributed by atoms with Gasteiger partial charge in [-0.15, -0.1) is 0 Å². The lowest BCUT2D eigenvalue weighted by atomic mass is 9.99. The summed E-state index contributed by atoms with van der Waals surface area (Å²) in [5.74, 6) is -0.129. The molecule has 1 amide bonds. The minimum atomic E-state index is -3.47. The standard InChI is InChI=1S/C20H31N3O4S/c1-5-22(6-2)28(26,27)23-13-11-21(12-14-23)20(25)10-9-19(24)18-15-16(3)7-8-17(18)4/h7-8,15H,5-6,9-14H2,1-4H3. The molecule has 2 rings (SSSR count). The van der Waals surface area contributed by atoms with E-state index in [-0.39, 0.29) is 37.6 Å². The number of Topliss-reactive ketones (excluding diaryl/α,β-unsaturated/α-hetero) is 1. The Morgan fingerprint density at radius 2 is 1.61 bits per heavy atom. The Morgan fingerprint density at radius 1 is 1.00 bits per heavy atom. The molecule has 1 aliphatic heterocycles. The smallest absolute Gasteiger partial charge is 0.282 e. The van der Waals surface area contributed by atoms with Crippen LogP contribution in [0, 0.1) is 13.8 Å². The number of benzene rings is 1. The third-order valence-corrected chi connectivity index (χ3v) is 7.40. The first-order valence-corrected chi connectivity index (χ1v) is 11.2. The minimum Gasteiger partial charge on any atom is -0.340 e. The maximum absolute atomic E-state index is 12.6. The zero-order valence-corrected chi connectivity index (χ0v) is 18.1. The van der Waals surface area contributed by atoms with Gasteiger partial charge in [0.25, 0.3) is 10.2 Å². The number of amides is 1. The number of carbonyl (C=O) groups excluding carboxylic acids is 2. The molecule has 156 valence electrons. The van der Waals surface area contributed by atoms with E-state index in [0.717, 1.165) is 11.1 Å². The minimum absolute atomic E-state index is 0.0303. The largest absolute Gasteiger partial charge is 0.340 e. The molecule has 0 aliphatic carbocycles. The summed E-state index contributed by atoms with van der Waals surface area (Å²) in [6, 6.07) is 5.74. The third-order valence-electron chi connectivity index (χ3n) is 5.21. The maximum Gasteiger partial charge on any atom is 0.282 e. The van der Waals surface area contributed by atoms with Gasteiger partial charge in [-0.1, -0.05) is 31.5 Å². The highest BCUT2D eigenvalue weighted by molar-refractivity contribution is 7.86. The van der Waals surface area contributed by atoms with Gasteiger partial charge in [0, 0.05) is 57.7 Å². The molecule has 0 bridgehead atoms. The Morgan fingerprint density at radius 3 is 2.18 bits per heavy atom. The van der Waals surface area contributed by atoms with Gasteiger partial charge in [-0.3, -0.25) is 9.59 Å². The summed E-state index contributed by atoms with van der Waals surface area (Å²) in [5, 5.41) is 0. The average molecular weight is 410 g/mol. The molecule has 0 aromatic heterocycles. The van der Waals surface area contributed by atoms with Gasteiger partial charge in [-0.05, 0) is 25.5 Å². The number of ketones is 1. The Labute approximate surface area is 168 Å². The molecule has 0 spiro atoms. The van der Waals surface area contributed by atoms with Crippen LogP contribution < -0.4 is 0 Å². The van der Waals surface area contributed by atoms with E-state index >= 15 is 0 Å². The van der Waals surface area contributed by atoms with Gasteiger partial charge in [-0.2, -0.15) is 17.0 Å². The van der Waals surface area contributed by atoms with E-state index < -0.39 is 10.2 Å². The third kappa shape index (κ3) is 5.18. The average Bonchev–Trinajstić information content (AvgIpc) is 2.68. The molecule has 1 saturated heterocycles. The van der Waals surface area contributed by atoms with Gasteiger partial charge in [0.05, 0.1) is 0 Å². The van der Waals surface area contributed by atoms with Crippen molar-refractivity contribution in [3.8, 4) is 0 Å². The topological polar surface area (TPSA) is 78.0 Å². The van der Waals surface area contributed by atoms with Gasteiger partial charge < -0.3 is 4.90 Å². The fourth-order valence-corrected chi connectivity index (χ4v) is 5.03. The van der Waals surface area contributed by atoms with E-state index in [4.69, 9.17) is 0 Å². The Bertz CT molecular complexity index is 811. The number of rotatable bonds is 8. The van der Waals surface area contributed by atoms with Gasteiger partial charge in [0.15, 0.2) is 5.78 Å². The molecular formula is C20H31N3O4S. The summed E-state index contributed by atoms with van der Waals surface area (Å²) in [5.41, 5.74) is 2.60. The van der Waals surface area contributed by atoms with Crippen LogP contribution in [0.2, 0.25) is 0 Å². The first-order chi connectivity index (χ1) is 13.2. The van der Waals surface area contributed by atoms with Crippen LogP contribution in [0.1, 0.15) is 48.2 Å². The maximum atomic E-state index is 12.6. The van der Waals surface area contributed by atoms with Crippen molar-refractivity contribution in [3.63, 3.8) is 0 Å². The predicted molar refractivity (Wildman–Crippen MR) is 109 cm³/mol. The van der Waals surface area contributed by atoms with Crippen molar-refractivity contribution in [1.29, 1.82) is 0 Å². The van der Waals surface area contributed by atoms with Crippen molar-refractivity contribution in [2.75, 3.05) is 39.3 Å². The normalized spacial score (nSPS) is 15.8. The first kappa shape index (κ1) is 22.5. The zero-order valence-electron chi connectivity index (χ0n) is 17.3. The summed E-state index contributed by atoms with van der Waals surface area (Å²) in [6.07, 6.45) is 0.316. The quantitative estimate of drug-likeness (QED) is 0.615. The van der Waals surface area contributed by atoms with Crippen LogP contribution in [-0.4, -0.2) is 72.9 Å². The highest BCUT2D eigenvalue weighted by Crippen LogP contribution is 2.16. The summed E-state index contributed by atoms with van der Waals surface area (Å²) < 4.78 is 28.0. The predicted octanol–water partition coefficient (Wildman–Crippen LogP) is 2.00. The van der Waals surface area contributed by atoms with Gasteiger partial charge in [0.2, 0.25) is 5.91 Å². The first-order valence-electron chi connectivity index (χ1n) is 9.84. The number of piperazine rings is 1. The highest BCUT2D eigenvalue weighted by atomic mass is 32.2. The van der Waals surface area contributed by atoms with Crippen LogP contribution in [-0.2, 0) is 15.0 Å². The molecule has 0 saturated carbocycles. The van der Waals surface area contributed by atoms with Crippen LogP contribution in [0.5, 0.6) is 0 Å². The van der Waals surface area contributed by atoms with E-state index in [0.29, 0.717) is 31.7 Å². The van der Waals surface area contributed by atoms with Crippen molar-refractivity contribution in [1.82, 2.24) is 13.5 Å². The molecule has 0 radical (unpaired) electrons. The Hall–Kier alpha value is -1.77. The lowest BCUT2D eigenvalue weighted by molar-refractivity contribution is -0.132. The van der Waals surface area contributed by atoms with E-state index in [1.54, 1.807) is 4.90 Å². The van der Waals surface area contributed by atoms with Crippen molar-refractivity contribution < 1.29 is 18.0 Å². The fourth-order valence-electron chi connectivity index (χ4n) is 3.43. The molecule has 7 nitrogen and oxygen atoms in total. The summed E-state index contributed by atoms with van der Waals surface area (Å²) in [4.78, 5) is 26.6. The molecule has 1 aliphatic rings. The van der Waals surface area contributed by atoms with Crippen molar-refractivity contribution in [3.05, 3.63) is 34.9 Å². The molecule has 1 fully saturated rings. The van der Waals surface area contributed by atoms with E-state index in [2.05, 4.69) is 0 Å². The second-order valence-electron chi connectivity index (χ2n) is 7.11. The van der Waals surface area contributed by atoms with Crippen molar-refractivity contribution >= 4 is 21.9 Å². The van der Waals surface area contributed by atoms with Crippen LogP contribution in [0.4, 0.5) is 0 Å². The van der Waals surface area contributed by atoms with Crippen LogP contribution in [0.25, 0.3) is 0 Å². The monoisotopic (exact) mass is 409 g/mol. The molecule has 8 heteroatoms. The number of hydrogen-bond donors (Lipinski definition) is 0. The molecule has 0 atom stereocenters. The lowest BCUT2D eigenvalue weighted by Gasteiger charge is -2.36. The molecule has 1 aromatic rings. The van der Waals surface area contributed by atoms with Crippen LogP contribution in [0.15, 0.2) is 18.2 Å². The Kier molecular flexibility index (Phi) is 7.74. The number of hydrogen-bond acceptors (Lipinski definition) is 4. The van der Waals surface area contributed by atoms with Crippen molar-refractivity contribution in [2.24, 2.45) is 0 Å². The van der Waals surface area contributed by atoms with Gasteiger partial charge >= 0.3 is 0 Å². The second kappa shape index (κ2) is 9.62. The number of carbonyl (C=O) groups is 2. The molecule has 0 unspecified atom stereocenters. The molecule has 1 heterocycles. The SMILES string of the molecule is CCN(CC)S(=O)(=O)N1CCN(C(=O)CCC(=O)c2cc(C)ccc2C)CC1. The summed E-state index contributed by atoms with van der Waals surface area (Å²) >= 11 is 0. The van der Waals surface area contributed by atoms with Crippen LogP contribution >= 0.6 is 0 Å². The van der Waals surface area contributed by atoms with E-state index in [9.17, 15) is 18.0 Å². The number of aryl methyl sites for hydroxylation is 2. The Balaban J connectivity index is 1.88. The van der Waals surface area contributed by atoms with E-state index in [1.165, 1.54) is 8.61 Å². The molecule has 28 heavy (non-hydrogen) atoms. The number of nitrogens with zero attached hydrogens (tertiary/aromatic N) is 3. The highest BCUT2D eigenvalue weighted by Gasteiger charge is 2.32. The van der Waals surface area contributed by atoms with Gasteiger partial charge in [-0.25, -0.2) is 0 Å². The lowest BCUT2D eigenvalue weighted by Crippen LogP contribution is -2.54. The van der Waals surface area contributed by atoms with Crippen molar-refractivity contribution in [2.45, 2.75) is 40.5 Å². The molecular weight excluding hydrogens is 378 g/mol. The molecule has 0 N–H and O–H groups in total. The second-order valence-corrected chi connectivity index (χ2v) is 9.04. The van der Waals surface area contributed by atoms with Gasteiger partial charge in [0.1, 0.15) is 0 Å². The summed E-state index contributed by atoms with van der Waals surface area (Å²) in [6.45, 7) is 9.61. The van der Waals surface area contributed by atoms with Crippen LogP contribution in [0.3, 0.4) is 0 Å². The fraction of sp³-hybridized carbons (Fsp3) is 0.600. The van der Waals surface area contributed by atoms with E-state index in [1.807, 2.05) is 45.9 Å². The summed E-state index contributed by atoms with van der Waals surface area (Å²) in [7, 11) is -3.47. The molecule has 1 aromatic carbocycles. The zero-order chi connectivity index (χ0) is 20.9.